The van der Waals surface area contributed by atoms with E-state index in [0.29, 0.717) is 16.7 Å². The highest BCUT2D eigenvalue weighted by atomic mass is 32.2. The second-order valence-corrected chi connectivity index (χ2v) is 6.26. The summed E-state index contributed by atoms with van der Waals surface area (Å²) in [6, 6.07) is 11.1. The van der Waals surface area contributed by atoms with E-state index in [4.69, 9.17) is 5.73 Å². The summed E-state index contributed by atoms with van der Waals surface area (Å²) < 4.78 is 24.5. The Balaban J connectivity index is 2.48. The van der Waals surface area contributed by atoms with Gasteiger partial charge >= 0.3 is 0 Å². The first kappa shape index (κ1) is 14.9. The maximum Gasteiger partial charge on any atom is 0.249 e. The molecule has 6 nitrogen and oxygen atoms in total. The van der Waals surface area contributed by atoms with Crippen LogP contribution in [0.4, 0.5) is 5.69 Å². The van der Waals surface area contributed by atoms with E-state index < -0.39 is 15.9 Å². The van der Waals surface area contributed by atoms with Crippen LogP contribution in [0.25, 0.3) is 11.1 Å². The van der Waals surface area contributed by atoms with Crippen LogP contribution in [0.1, 0.15) is 10.4 Å². The molecule has 0 saturated heterocycles. The molecule has 21 heavy (non-hydrogen) atoms. The van der Waals surface area contributed by atoms with Crippen LogP contribution < -0.4 is 10.5 Å². The Labute approximate surface area is 122 Å². The van der Waals surface area contributed by atoms with Crippen LogP contribution in [-0.2, 0) is 10.0 Å². The van der Waals surface area contributed by atoms with Crippen LogP contribution in [-0.4, -0.2) is 25.7 Å². The molecule has 0 unspecified atom stereocenters. The van der Waals surface area contributed by atoms with Crippen molar-refractivity contribution in [3.05, 3.63) is 48.0 Å². The van der Waals surface area contributed by atoms with Gasteiger partial charge in [0, 0.05) is 5.56 Å². The zero-order chi connectivity index (χ0) is 15.6. The van der Waals surface area contributed by atoms with Gasteiger partial charge in [0.25, 0.3) is 0 Å². The standard InChI is InChI=1S/C14H14N2O4S/c1-21(19,20)16-12-7-6-9(8-13(12)17)10-4-2-3-5-11(10)14(15)18/h2-8,16-17H,1H3,(H2,15,18). The van der Waals surface area contributed by atoms with Crippen LogP contribution in [0.2, 0.25) is 0 Å². The second kappa shape index (κ2) is 5.45. The van der Waals surface area contributed by atoms with Gasteiger partial charge < -0.3 is 10.8 Å². The lowest BCUT2D eigenvalue weighted by atomic mass is 9.99. The van der Waals surface area contributed by atoms with E-state index in [1.807, 2.05) is 0 Å². The topological polar surface area (TPSA) is 109 Å². The second-order valence-electron chi connectivity index (χ2n) is 4.52. The average Bonchev–Trinajstić information content (AvgIpc) is 2.39. The van der Waals surface area contributed by atoms with Crippen LogP contribution in [0.5, 0.6) is 5.75 Å². The zero-order valence-electron chi connectivity index (χ0n) is 11.2. The number of nitrogens with two attached hydrogens (primary N) is 1. The number of amides is 1. The third-order valence-corrected chi connectivity index (χ3v) is 3.39. The molecule has 0 fully saturated rings. The summed E-state index contributed by atoms with van der Waals surface area (Å²) in [6.07, 6.45) is 0.989. The van der Waals surface area contributed by atoms with Crippen molar-refractivity contribution in [2.45, 2.75) is 0 Å². The first-order chi connectivity index (χ1) is 9.78. The Bertz CT molecular complexity index is 800. The molecule has 110 valence electrons. The number of rotatable bonds is 4. The Morgan fingerprint density at radius 3 is 2.43 bits per heavy atom. The summed E-state index contributed by atoms with van der Waals surface area (Å²) in [4.78, 5) is 11.4. The third kappa shape index (κ3) is 3.51. The van der Waals surface area contributed by atoms with Crippen LogP contribution >= 0.6 is 0 Å². The largest absolute Gasteiger partial charge is 0.506 e. The highest BCUT2D eigenvalue weighted by Gasteiger charge is 2.12. The summed E-state index contributed by atoms with van der Waals surface area (Å²) >= 11 is 0. The van der Waals surface area contributed by atoms with E-state index in [1.165, 1.54) is 12.1 Å². The molecule has 7 heteroatoms. The van der Waals surface area contributed by atoms with Crippen molar-refractivity contribution in [3.8, 4) is 16.9 Å². The summed E-state index contributed by atoms with van der Waals surface area (Å²) in [7, 11) is -3.48. The number of phenolic OH excluding ortho intramolecular Hbond substituents is 1. The van der Waals surface area contributed by atoms with Crippen molar-refractivity contribution in [2.24, 2.45) is 5.73 Å². The molecule has 0 atom stereocenters. The lowest BCUT2D eigenvalue weighted by Crippen LogP contribution is -2.12. The number of carbonyl (C=O) groups excluding carboxylic acids is 1. The quantitative estimate of drug-likeness (QED) is 0.744. The number of phenols is 1. The minimum atomic E-state index is -3.48. The number of nitrogens with one attached hydrogen (secondary N) is 1. The third-order valence-electron chi connectivity index (χ3n) is 2.80. The van der Waals surface area contributed by atoms with E-state index in [0.717, 1.165) is 6.26 Å². The molecule has 2 aromatic carbocycles. The number of primary amides is 1. The van der Waals surface area contributed by atoms with Crippen molar-refractivity contribution in [1.82, 2.24) is 0 Å². The lowest BCUT2D eigenvalue weighted by Gasteiger charge is -2.10. The van der Waals surface area contributed by atoms with E-state index in [-0.39, 0.29) is 11.4 Å². The first-order valence-corrected chi connectivity index (χ1v) is 7.87. The fourth-order valence-electron chi connectivity index (χ4n) is 1.93. The predicted octanol–water partition coefficient (Wildman–Crippen LogP) is 1.53. The molecule has 2 aromatic rings. The van der Waals surface area contributed by atoms with Crippen molar-refractivity contribution in [2.75, 3.05) is 11.0 Å². The number of hydrogen-bond donors (Lipinski definition) is 3. The average molecular weight is 306 g/mol. The van der Waals surface area contributed by atoms with Gasteiger partial charge in [-0.1, -0.05) is 24.3 Å². The van der Waals surface area contributed by atoms with Crippen LogP contribution in [0.15, 0.2) is 42.5 Å². The zero-order valence-corrected chi connectivity index (χ0v) is 12.0. The van der Waals surface area contributed by atoms with Gasteiger partial charge in [-0.15, -0.1) is 0 Å². The highest BCUT2D eigenvalue weighted by molar-refractivity contribution is 7.92. The fourth-order valence-corrected chi connectivity index (χ4v) is 2.51. The number of hydrogen-bond acceptors (Lipinski definition) is 4. The van der Waals surface area contributed by atoms with E-state index in [2.05, 4.69) is 4.72 Å². The Hall–Kier alpha value is -2.54. The number of anilines is 1. The molecule has 0 saturated carbocycles. The summed E-state index contributed by atoms with van der Waals surface area (Å²) in [5.74, 6) is -0.819. The number of benzene rings is 2. The van der Waals surface area contributed by atoms with Gasteiger partial charge in [-0.05, 0) is 29.3 Å². The highest BCUT2D eigenvalue weighted by Crippen LogP contribution is 2.31. The van der Waals surface area contributed by atoms with Crippen molar-refractivity contribution in [3.63, 3.8) is 0 Å². The SMILES string of the molecule is CS(=O)(=O)Nc1ccc(-c2ccccc2C(N)=O)cc1O. The Morgan fingerprint density at radius 1 is 1.19 bits per heavy atom. The molecule has 0 spiro atoms. The van der Waals surface area contributed by atoms with Crippen LogP contribution in [0, 0.1) is 0 Å². The van der Waals surface area contributed by atoms with Crippen molar-refractivity contribution < 1.29 is 18.3 Å². The Morgan fingerprint density at radius 2 is 1.86 bits per heavy atom. The molecule has 1 amide bonds. The molecule has 0 aliphatic carbocycles. The number of sulfonamides is 1. The summed E-state index contributed by atoms with van der Waals surface area (Å²) in [5.41, 5.74) is 6.82. The normalized spacial score (nSPS) is 11.1. The predicted molar refractivity (Wildman–Crippen MR) is 80.5 cm³/mol. The van der Waals surface area contributed by atoms with Gasteiger partial charge in [-0.3, -0.25) is 9.52 Å². The van der Waals surface area contributed by atoms with Crippen LogP contribution in [0.3, 0.4) is 0 Å². The fraction of sp³-hybridized carbons (Fsp3) is 0.0714. The minimum absolute atomic E-state index is 0.0674. The molecule has 0 aliphatic heterocycles. The molecule has 0 heterocycles. The van der Waals surface area contributed by atoms with Crippen molar-refractivity contribution >= 4 is 21.6 Å². The Kier molecular flexibility index (Phi) is 3.86. The van der Waals surface area contributed by atoms with Gasteiger partial charge in [0.1, 0.15) is 5.75 Å². The minimum Gasteiger partial charge on any atom is -0.506 e. The molecule has 0 aliphatic rings. The van der Waals surface area contributed by atoms with Gasteiger partial charge in [-0.2, -0.15) is 0 Å². The first-order valence-electron chi connectivity index (χ1n) is 5.98. The molecule has 4 N–H and O–H groups in total. The molecule has 0 bridgehead atoms. The van der Waals surface area contributed by atoms with E-state index in [1.54, 1.807) is 30.3 Å². The molecule has 0 radical (unpaired) electrons. The van der Waals surface area contributed by atoms with E-state index in [9.17, 15) is 18.3 Å². The molecular formula is C14H14N2O4S. The van der Waals surface area contributed by atoms with Crippen molar-refractivity contribution in [1.29, 1.82) is 0 Å². The number of carbonyl (C=O) groups is 1. The molecule has 2 rings (SSSR count). The van der Waals surface area contributed by atoms with Gasteiger partial charge in [0.05, 0.1) is 11.9 Å². The smallest absolute Gasteiger partial charge is 0.249 e. The van der Waals surface area contributed by atoms with E-state index >= 15 is 0 Å². The van der Waals surface area contributed by atoms with Gasteiger partial charge in [0.2, 0.25) is 15.9 Å². The maximum absolute atomic E-state index is 11.4. The maximum atomic E-state index is 11.4. The molecular weight excluding hydrogens is 292 g/mol. The number of aromatic hydroxyl groups is 1. The lowest BCUT2D eigenvalue weighted by molar-refractivity contribution is 0.100. The molecule has 0 aromatic heterocycles. The monoisotopic (exact) mass is 306 g/mol. The van der Waals surface area contributed by atoms with Gasteiger partial charge in [-0.25, -0.2) is 8.42 Å². The van der Waals surface area contributed by atoms with Gasteiger partial charge in [0.15, 0.2) is 0 Å². The summed E-state index contributed by atoms with van der Waals surface area (Å²) in [6.45, 7) is 0. The summed E-state index contributed by atoms with van der Waals surface area (Å²) in [5, 5.41) is 9.90.